The number of aromatic nitrogens is 4. The number of piperidine rings is 1. The van der Waals surface area contributed by atoms with Crippen LogP contribution in [0.2, 0.25) is 0 Å². The van der Waals surface area contributed by atoms with Crippen molar-refractivity contribution in [3.05, 3.63) is 54.5 Å². The van der Waals surface area contributed by atoms with Gasteiger partial charge in [0.1, 0.15) is 17.1 Å². The Balaban J connectivity index is 0.889. The molecule has 5 heterocycles. The Kier molecular flexibility index (Phi) is 8.37. The Morgan fingerprint density at radius 2 is 1.81 bits per heavy atom. The largest absolute Gasteiger partial charge is 0.444 e. The minimum Gasteiger partial charge on any atom is -0.444 e. The predicted molar refractivity (Wildman–Crippen MR) is 180 cm³/mol. The molecule has 12 heteroatoms. The first kappa shape index (κ1) is 31.2. The zero-order valence-electron chi connectivity index (χ0n) is 27.4. The number of hydrogen-bond acceptors (Lipinski definition) is 7. The standard InChI is InChI=1S/C35H44N8O4/c1-35(2,3)47-34(46)37-27-6-9-29-26(18-27)22-43(39-29)28-7-4-23(5-8-28)21-40-14-10-24(11-15-40)25-12-16-41-30(19-25)36-20-32(41)42-17-13-31(44)38-33(42)45/h6,9,12,16,18-20,22-24,28H,4-5,7-8,10-11,13-15,17,21H2,1-3H3,(H,37,46)(H,38,44,45)/t23-,28-. The molecule has 4 aromatic rings. The highest BCUT2D eigenvalue weighted by Crippen LogP contribution is 2.35. The van der Waals surface area contributed by atoms with Crippen molar-refractivity contribution in [1.82, 2.24) is 29.4 Å². The van der Waals surface area contributed by atoms with E-state index in [1.165, 1.54) is 18.4 Å². The smallest absolute Gasteiger partial charge is 0.412 e. The summed E-state index contributed by atoms with van der Waals surface area (Å²) in [5.41, 5.74) is 3.22. The van der Waals surface area contributed by atoms with Gasteiger partial charge in [-0.25, -0.2) is 14.6 Å². The fourth-order valence-corrected chi connectivity index (χ4v) is 7.36. The van der Waals surface area contributed by atoms with Crippen molar-refractivity contribution in [3.63, 3.8) is 0 Å². The summed E-state index contributed by atoms with van der Waals surface area (Å²) in [7, 11) is 0. The number of anilines is 2. The highest BCUT2D eigenvalue weighted by atomic mass is 16.6. The third kappa shape index (κ3) is 6.97. The highest BCUT2D eigenvalue weighted by molar-refractivity contribution is 6.05. The second-order valence-corrected chi connectivity index (χ2v) is 14.3. The summed E-state index contributed by atoms with van der Waals surface area (Å²) in [5.74, 6) is 1.65. The molecule has 2 aliphatic heterocycles. The summed E-state index contributed by atoms with van der Waals surface area (Å²) in [5, 5.41) is 11.1. The van der Waals surface area contributed by atoms with E-state index in [1.54, 1.807) is 11.1 Å². The number of rotatable bonds is 6. The van der Waals surface area contributed by atoms with Gasteiger partial charge in [0.15, 0.2) is 0 Å². The zero-order chi connectivity index (χ0) is 32.7. The Labute approximate surface area is 274 Å². The molecule has 0 unspecified atom stereocenters. The van der Waals surface area contributed by atoms with E-state index in [1.807, 2.05) is 49.6 Å². The molecule has 3 fully saturated rings. The predicted octanol–water partition coefficient (Wildman–Crippen LogP) is 6.09. The molecule has 2 saturated heterocycles. The van der Waals surface area contributed by atoms with Gasteiger partial charge in [-0.15, -0.1) is 0 Å². The molecule has 2 N–H and O–H groups in total. The van der Waals surface area contributed by atoms with Gasteiger partial charge in [0.05, 0.1) is 17.8 Å². The number of nitrogens with zero attached hydrogens (tertiary/aromatic N) is 6. The third-order valence-corrected chi connectivity index (χ3v) is 9.78. The SMILES string of the molecule is CC(C)(C)OC(=O)Nc1ccc2nn([C@H]3CC[C@H](CN4CCC(c5ccn6c(N7CCC(=O)NC7=O)cnc6c5)CC4)CC3)cc2c1. The van der Waals surface area contributed by atoms with Gasteiger partial charge >= 0.3 is 12.1 Å². The average molecular weight is 641 g/mol. The topological polar surface area (TPSA) is 126 Å². The number of imidazole rings is 1. The number of likely N-dealkylation sites (tertiary alicyclic amines) is 1. The normalized spacial score (nSPS) is 21.7. The minimum atomic E-state index is -0.543. The van der Waals surface area contributed by atoms with Gasteiger partial charge in [0.2, 0.25) is 5.91 Å². The molecule has 7 rings (SSSR count). The van der Waals surface area contributed by atoms with Gasteiger partial charge in [-0.3, -0.25) is 29.4 Å². The molecule has 1 aliphatic carbocycles. The van der Waals surface area contributed by atoms with Crippen LogP contribution >= 0.6 is 0 Å². The number of hydrogen-bond donors (Lipinski definition) is 2. The number of nitrogens with one attached hydrogen (secondary N) is 2. The van der Waals surface area contributed by atoms with E-state index in [9.17, 15) is 14.4 Å². The Morgan fingerprint density at radius 1 is 1.02 bits per heavy atom. The minimum absolute atomic E-state index is 0.240. The molecule has 3 aromatic heterocycles. The van der Waals surface area contributed by atoms with E-state index in [-0.39, 0.29) is 12.3 Å². The molecular weight excluding hydrogens is 596 g/mol. The summed E-state index contributed by atoms with van der Waals surface area (Å²) in [6, 6.07) is 10.1. The van der Waals surface area contributed by atoms with Crippen molar-refractivity contribution in [2.45, 2.75) is 83.3 Å². The van der Waals surface area contributed by atoms with Gasteiger partial charge in [-0.1, -0.05) is 0 Å². The molecule has 248 valence electrons. The number of ether oxygens (including phenoxy) is 1. The first-order valence-corrected chi connectivity index (χ1v) is 16.9. The number of fused-ring (bicyclic) bond motifs is 2. The first-order chi connectivity index (χ1) is 22.6. The van der Waals surface area contributed by atoms with Crippen LogP contribution in [0.4, 0.5) is 21.1 Å². The lowest BCUT2D eigenvalue weighted by Gasteiger charge is -2.36. The van der Waals surface area contributed by atoms with Gasteiger partial charge in [-0.05, 0) is 120 Å². The van der Waals surface area contributed by atoms with Gasteiger partial charge in [0, 0.05) is 43.0 Å². The zero-order valence-corrected chi connectivity index (χ0v) is 27.4. The van der Waals surface area contributed by atoms with Crippen molar-refractivity contribution in [2.75, 3.05) is 36.4 Å². The first-order valence-electron chi connectivity index (χ1n) is 16.9. The fourth-order valence-electron chi connectivity index (χ4n) is 7.36. The lowest BCUT2D eigenvalue weighted by Crippen LogP contribution is -2.50. The Bertz CT molecular complexity index is 1790. The molecule has 0 radical (unpaired) electrons. The number of pyridine rings is 1. The monoisotopic (exact) mass is 640 g/mol. The van der Waals surface area contributed by atoms with Crippen LogP contribution in [-0.2, 0) is 9.53 Å². The molecule has 1 aromatic carbocycles. The number of carbonyl (C=O) groups excluding carboxylic acids is 3. The lowest BCUT2D eigenvalue weighted by atomic mass is 9.84. The second kappa shape index (κ2) is 12.6. The molecule has 0 spiro atoms. The van der Waals surface area contributed by atoms with Crippen LogP contribution in [0, 0.1) is 5.92 Å². The molecular formula is C35H44N8O4. The quantitative estimate of drug-likeness (QED) is 0.261. The molecule has 47 heavy (non-hydrogen) atoms. The van der Waals surface area contributed by atoms with Crippen LogP contribution < -0.4 is 15.5 Å². The summed E-state index contributed by atoms with van der Waals surface area (Å²) < 4.78 is 9.44. The van der Waals surface area contributed by atoms with Gasteiger partial charge in [0.25, 0.3) is 0 Å². The van der Waals surface area contributed by atoms with Crippen LogP contribution in [0.15, 0.2) is 48.9 Å². The Hall–Kier alpha value is -4.45. The van der Waals surface area contributed by atoms with Crippen LogP contribution in [-0.4, -0.2) is 73.9 Å². The maximum absolute atomic E-state index is 12.3. The number of urea groups is 1. The van der Waals surface area contributed by atoms with Gasteiger partial charge < -0.3 is 9.64 Å². The number of carbonyl (C=O) groups is 3. The van der Waals surface area contributed by atoms with Crippen LogP contribution in [0.25, 0.3) is 16.6 Å². The lowest BCUT2D eigenvalue weighted by molar-refractivity contribution is -0.120. The van der Waals surface area contributed by atoms with E-state index in [4.69, 9.17) is 9.84 Å². The maximum Gasteiger partial charge on any atom is 0.412 e. The average Bonchev–Trinajstić information content (AvgIpc) is 3.65. The molecule has 12 nitrogen and oxygen atoms in total. The highest BCUT2D eigenvalue weighted by Gasteiger charge is 2.29. The van der Waals surface area contributed by atoms with Crippen molar-refractivity contribution in [3.8, 4) is 0 Å². The van der Waals surface area contributed by atoms with Crippen molar-refractivity contribution < 1.29 is 19.1 Å². The van der Waals surface area contributed by atoms with E-state index < -0.39 is 17.7 Å². The third-order valence-electron chi connectivity index (χ3n) is 9.78. The van der Waals surface area contributed by atoms with Gasteiger partial charge in [-0.2, -0.15) is 5.10 Å². The number of imide groups is 1. The molecule has 0 atom stereocenters. The number of benzene rings is 1. The van der Waals surface area contributed by atoms with Crippen molar-refractivity contribution in [1.29, 1.82) is 0 Å². The van der Waals surface area contributed by atoms with E-state index in [0.717, 1.165) is 61.9 Å². The Morgan fingerprint density at radius 3 is 2.55 bits per heavy atom. The summed E-state index contributed by atoms with van der Waals surface area (Å²) in [4.78, 5) is 44.9. The molecule has 4 amide bonds. The summed E-state index contributed by atoms with van der Waals surface area (Å²) >= 11 is 0. The van der Waals surface area contributed by atoms with Crippen LogP contribution in [0.5, 0.6) is 0 Å². The second-order valence-electron chi connectivity index (χ2n) is 14.3. The number of amides is 4. The van der Waals surface area contributed by atoms with E-state index in [2.05, 4.69) is 43.5 Å². The van der Waals surface area contributed by atoms with Crippen LogP contribution in [0.3, 0.4) is 0 Å². The molecule has 1 saturated carbocycles. The van der Waals surface area contributed by atoms with E-state index in [0.29, 0.717) is 35.9 Å². The fraction of sp³-hybridized carbons (Fsp3) is 0.514. The van der Waals surface area contributed by atoms with Crippen LogP contribution in [0.1, 0.15) is 83.2 Å². The summed E-state index contributed by atoms with van der Waals surface area (Å²) in [6.45, 7) is 9.27. The van der Waals surface area contributed by atoms with Crippen molar-refractivity contribution in [2.24, 2.45) is 5.92 Å². The maximum atomic E-state index is 12.3. The molecule has 0 bridgehead atoms. The van der Waals surface area contributed by atoms with Crippen molar-refractivity contribution >= 4 is 46.1 Å². The van der Waals surface area contributed by atoms with E-state index >= 15 is 0 Å². The molecule has 3 aliphatic rings. The summed E-state index contributed by atoms with van der Waals surface area (Å²) in [6.07, 6.45) is 12.6.